The van der Waals surface area contributed by atoms with Gasteiger partial charge < -0.3 is 19.4 Å². The highest BCUT2D eigenvalue weighted by molar-refractivity contribution is 5.79. The van der Waals surface area contributed by atoms with Crippen molar-refractivity contribution in [3.05, 3.63) is 54.4 Å². The van der Waals surface area contributed by atoms with Crippen LogP contribution < -0.4 is 14.8 Å². The molecule has 0 saturated heterocycles. The van der Waals surface area contributed by atoms with Gasteiger partial charge in [-0.15, -0.1) is 0 Å². The summed E-state index contributed by atoms with van der Waals surface area (Å²) in [6.07, 6.45) is 2.50. The average molecular weight is 424 g/mol. The molecule has 1 heterocycles. The Morgan fingerprint density at radius 3 is 2.58 bits per heavy atom. The third-order valence-electron chi connectivity index (χ3n) is 5.62. The van der Waals surface area contributed by atoms with Crippen molar-refractivity contribution in [2.45, 2.75) is 52.6 Å². The molecule has 1 atom stereocenters. The number of carbonyl (C=O) groups is 1. The average Bonchev–Trinajstić information content (AvgIpc) is 3.16. The fourth-order valence-electron chi connectivity index (χ4n) is 3.82. The number of methoxy groups -OCH3 is 1. The van der Waals surface area contributed by atoms with Crippen LogP contribution in [0.15, 0.2) is 48.5 Å². The molecular weight excluding hydrogens is 390 g/mol. The quantitative estimate of drug-likeness (QED) is 0.434. The number of imidazole rings is 1. The van der Waals surface area contributed by atoms with E-state index in [1.807, 2.05) is 49.4 Å². The van der Waals surface area contributed by atoms with Crippen molar-refractivity contribution in [1.29, 1.82) is 0 Å². The summed E-state index contributed by atoms with van der Waals surface area (Å²) in [5, 5.41) is 3.16. The van der Waals surface area contributed by atoms with E-state index in [2.05, 4.69) is 29.8 Å². The predicted molar refractivity (Wildman–Crippen MR) is 123 cm³/mol. The Morgan fingerprint density at radius 1 is 1.10 bits per heavy atom. The Balaban J connectivity index is 1.70. The molecule has 0 bridgehead atoms. The van der Waals surface area contributed by atoms with Gasteiger partial charge in [0.2, 0.25) is 5.91 Å². The third kappa shape index (κ3) is 5.57. The predicted octanol–water partition coefficient (Wildman–Crippen LogP) is 5.13. The van der Waals surface area contributed by atoms with Crippen molar-refractivity contribution < 1.29 is 14.3 Å². The molecule has 1 amide bonds. The highest BCUT2D eigenvalue weighted by Crippen LogP contribution is 2.23. The van der Waals surface area contributed by atoms with Crippen LogP contribution in [0.4, 0.5) is 0 Å². The van der Waals surface area contributed by atoms with E-state index >= 15 is 0 Å². The van der Waals surface area contributed by atoms with E-state index in [-0.39, 0.29) is 17.9 Å². The minimum Gasteiger partial charge on any atom is -0.497 e. The number of nitrogens with one attached hydrogen (secondary N) is 1. The lowest BCUT2D eigenvalue weighted by atomic mass is 10.0. The normalized spacial score (nSPS) is 12.2. The van der Waals surface area contributed by atoms with Gasteiger partial charge in [-0.25, -0.2) is 4.98 Å². The number of ether oxygens (including phenoxy) is 2. The van der Waals surface area contributed by atoms with Crippen molar-refractivity contribution in [2.24, 2.45) is 5.92 Å². The van der Waals surface area contributed by atoms with Crippen molar-refractivity contribution >= 4 is 16.9 Å². The number of rotatable bonds is 11. The Kier molecular flexibility index (Phi) is 7.93. The molecule has 3 rings (SSSR count). The number of carbonyl (C=O) groups excluding carboxylic acids is 1. The van der Waals surface area contributed by atoms with Crippen LogP contribution in [-0.2, 0) is 11.3 Å². The van der Waals surface area contributed by atoms with Gasteiger partial charge in [0, 0.05) is 18.5 Å². The summed E-state index contributed by atoms with van der Waals surface area (Å²) in [7, 11) is 1.65. The summed E-state index contributed by atoms with van der Waals surface area (Å²) in [4.78, 5) is 17.4. The highest BCUT2D eigenvalue weighted by atomic mass is 16.5. The first-order valence-corrected chi connectivity index (χ1v) is 11.1. The second kappa shape index (κ2) is 10.8. The highest BCUT2D eigenvalue weighted by Gasteiger charge is 2.21. The van der Waals surface area contributed by atoms with E-state index in [0.29, 0.717) is 6.61 Å². The molecule has 0 saturated carbocycles. The van der Waals surface area contributed by atoms with Gasteiger partial charge in [-0.3, -0.25) is 4.79 Å². The first-order chi connectivity index (χ1) is 15.1. The van der Waals surface area contributed by atoms with Crippen molar-refractivity contribution in [1.82, 2.24) is 14.9 Å². The summed E-state index contributed by atoms with van der Waals surface area (Å²) in [6, 6.07) is 15.5. The van der Waals surface area contributed by atoms with Crippen LogP contribution in [-0.4, -0.2) is 29.2 Å². The smallest absolute Gasteiger partial charge is 0.223 e. The summed E-state index contributed by atoms with van der Waals surface area (Å²) >= 11 is 0. The van der Waals surface area contributed by atoms with Gasteiger partial charge in [-0.1, -0.05) is 32.0 Å². The van der Waals surface area contributed by atoms with Crippen molar-refractivity contribution in [2.75, 3.05) is 13.7 Å². The molecule has 1 N–H and O–H groups in total. The molecule has 0 fully saturated rings. The zero-order chi connectivity index (χ0) is 22.2. The standard InChI is InChI=1S/C25H33N3O3/c1-5-19(6-2)25(29)26-18(3)24-27-22-13-7-8-14-23(22)28(24)15-10-16-31-21-12-9-11-20(17-21)30-4/h7-9,11-14,17-19H,5-6,10,15-16H2,1-4H3,(H,26,29). The second-order valence-electron chi connectivity index (χ2n) is 7.74. The maximum atomic E-state index is 12.6. The lowest BCUT2D eigenvalue weighted by molar-refractivity contribution is -0.125. The SMILES string of the molecule is CCC(CC)C(=O)NC(C)c1nc2ccccc2n1CCCOc1cccc(OC)c1. The van der Waals surface area contributed by atoms with Crippen LogP contribution in [0.25, 0.3) is 11.0 Å². The van der Waals surface area contributed by atoms with E-state index in [9.17, 15) is 4.79 Å². The molecule has 1 aromatic heterocycles. The van der Waals surface area contributed by atoms with Crippen LogP contribution in [0, 0.1) is 5.92 Å². The zero-order valence-corrected chi connectivity index (χ0v) is 18.9. The number of amides is 1. The summed E-state index contributed by atoms with van der Waals surface area (Å²) in [6.45, 7) is 7.44. The number of hydrogen-bond acceptors (Lipinski definition) is 4. The van der Waals surface area contributed by atoms with E-state index in [1.165, 1.54) is 0 Å². The Hall–Kier alpha value is -3.02. The Bertz CT molecular complexity index is 995. The number of aromatic nitrogens is 2. The molecule has 0 aliphatic heterocycles. The number of aryl methyl sites for hydroxylation is 1. The van der Waals surface area contributed by atoms with E-state index < -0.39 is 0 Å². The number of fused-ring (bicyclic) bond motifs is 1. The Labute approximate surface area is 184 Å². The number of benzene rings is 2. The molecule has 6 nitrogen and oxygen atoms in total. The zero-order valence-electron chi connectivity index (χ0n) is 18.9. The maximum Gasteiger partial charge on any atom is 0.223 e. The lowest BCUT2D eigenvalue weighted by Gasteiger charge is -2.19. The summed E-state index contributed by atoms with van der Waals surface area (Å²) < 4.78 is 13.3. The molecule has 166 valence electrons. The summed E-state index contributed by atoms with van der Waals surface area (Å²) in [5.74, 6) is 2.58. The molecule has 31 heavy (non-hydrogen) atoms. The van der Waals surface area contributed by atoms with Gasteiger partial charge in [0.15, 0.2) is 0 Å². The van der Waals surface area contributed by atoms with E-state index in [4.69, 9.17) is 14.5 Å². The van der Waals surface area contributed by atoms with E-state index in [0.717, 1.165) is 54.2 Å². The lowest BCUT2D eigenvalue weighted by Crippen LogP contribution is -2.33. The first kappa shape index (κ1) is 22.7. The van der Waals surface area contributed by atoms with Gasteiger partial charge in [0.1, 0.15) is 17.3 Å². The molecule has 3 aromatic rings. The fraction of sp³-hybridized carbons (Fsp3) is 0.440. The topological polar surface area (TPSA) is 65.4 Å². The number of para-hydroxylation sites is 2. The second-order valence-corrected chi connectivity index (χ2v) is 7.74. The van der Waals surface area contributed by atoms with Crippen LogP contribution >= 0.6 is 0 Å². The first-order valence-electron chi connectivity index (χ1n) is 11.1. The molecule has 0 radical (unpaired) electrons. The van der Waals surface area contributed by atoms with Crippen molar-refractivity contribution in [3.8, 4) is 11.5 Å². The molecule has 0 spiro atoms. The van der Waals surface area contributed by atoms with Crippen LogP contribution in [0.2, 0.25) is 0 Å². The maximum absolute atomic E-state index is 12.6. The minimum absolute atomic E-state index is 0.0385. The molecule has 1 unspecified atom stereocenters. The molecule has 0 aliphatic carbocycles. The third-order valence-corrected chi connectivity index (χ3v) is 5.62. The number of nitrogens with zero attached hydrogens (tertiary/aromatic N) is 2. The van der Waals surface area contributed by atoms with Crippen LogP contribution in [0.1, 0.15) is 51.9 Å². The van der Waals surface area contributed by atoms with Crippen LogP contribution in [0.5, 0.6) is 11.5 Å². The van der Waals surface area contributed by atoms with Gasteiger partial charge in [0.25, 0.3) is 0 Å². The summed E-state index contributed by atoms with van der Waals surface area (Å²) in [5.41, 5.74) is 2.01. The molecular formula is C25H33N3O3. The van der Waals surface area contributed by atoms with Crippen molar-refractivity contribution in [3.63, 3.8) is 0 Å². The van der Waals surface area contributed by atoms with E-state index in [1.54, 1.807) is 7.11 Å². The molecule has 0 aliphatic rings. The molecule has 2 aromatic carbocycles. The van der Waals surface area contributed by atoms with Gasteiger partial charge in [-0.2, -0.15) is 0 Å². The van der Waals surface area contributed by atoms with Gasteiger partial charge >= 0.3 is 0 Å². The fourth-order valence-corrected chi connectivity index (χ4v) is 3.82. The van der Waals surface area contributed by atoms with Gasteiger partial charge in [0.05, 0.1) is 30.8 Å². The monoisotopic (exact) mass is 423 g/mol. The molecule has 6 heteroatoms. The number of hydrogen-bond donors (Lipinski definition) is 1. The minimum atomic E-state index is -0.167. The van der Waals surface area contributed by atoms with Crippen LogP contribution in [0.3, 0.4) is 0 Å². The largest absolute Gasteiger partial charge is 0.497 e. The van der Waals surface area contributed by atoms with Gasteiger partial charge in [-0.05, 0) is 50.5 Å². The Morgan fingerprint density at radius 2 is 1.84 bits per heavy atom.